The molecule has 0 aromatic heterocycles. The molecule has 0 spiro atoms. The first-order valence-corrected chi connectivity index (χ1v) is 6.30. The van der Waals surface area contributed by atoms with Gasteiger partial charge in [-0.05, 0) is 36.8 Å². The Labute approximate surface area is 113 Å². The van der Waals surface area contributed by atoms with Gasteiger partial charge in [0.25, 0.3) is 0 Å². The molecule has 2 N–H and O–H groups in total. The van der Waals surface area contributed by atoms with Crippen LogP contribution in [-0.4, -0.2) is 7.05 Å². The topological polar surface area (TPSA) is 29.3 Å². The molecule has 2 nitrogen and oxygen atoms in total. The van der Waals surface area contributed by atoms with Crippen LogP contribution in [0.15, 0.2) is 48.5 Å². The van der Waals surface area contributed by atoms with Gasteiger partial charge in [-0.3, -0.25) is 0 Å². The summed E-state index contributed by atoms with van der Waals surface area (Å²) in [4.78, 5) is 2.15. The lowest BCUT2D eigenvalue weighted by atomic mass is 10.1. The van der Waals surface area contributed by atoms with Crippen molar-refractivity contribution in [3.63, 3.8) is 0 Å². The number of nitrogens with zero attached hydrogens (tertiary/aromatic N) is 1. The summed E-state index contributed by atoms with van der Waals surface area (Å²) >= 11 is 6.03. The molecule has 18 heavy (non-hydrogen) atoms. The van der Waals surface area contributed by atoms with Gasteiger partial charge < -0.3 is 10.6 Å². The Morgan fingerprint density at radius 1 is 1.11 bits per heavy atom. The maximum atomic E-state index is 6.03. The van der Waals surface area contributed by atoms with Crippen molar-refractivity contribution in [1.82, 2.24) is 0 Å². The molecular formula is C15H17ClN2. The molecule has 0 aliphatic rings. The zero-order valence-corrected chi connectivity index (χ0v) is 11.4. The summed E-state index contributed by atoms with van der Waals surface area (Å²) in [5.74, 6) is 0. The molecule has 0 heterocycles. The van der Waals surface area contributed by atoms with Crippen molar-refractivity contribution >= 4 is 23.0 Å². The van der Waals surface area contributed by atoms with Gasteiger partial charge in [-0.25, -0.2) is 0 Å². The minimum atomic E-state index is 0.216. The standard InChI is InChI=1S/C15H17ClN2/c1-11(12-6-5-7-13(16)10-12)18(2)15-9-4-3-8-14(15)17/h3-11H,17H2,1-2H3. The molecule has 0 bridgehead atoms. The van der Waals surface area contributed by atoms with Crippen molar-refractivity contribution in [3.05, 3.63) is 59.1 Å². The molecule has 2 rings (SSSR count). The maximum absolute atomic E-state index is 6.03. The molecule has 0 fully saturated rings. The molecule has 1 atom stereocenters. The number of hydrogen-bond acceptors (Lipinski definition) is 2. The Kier molecular flexibility index (Phi) is 3.78. The van der Waals surface area contributed by atoms with E-state index in [4.69, 9.17) is 17.3 Å². The highest BCUT2D eigenvalue weighted by molar-refractivity contribution is 6.30. The van der Waals surface area contributed by atoms with Gasteiger partial charge in [-0.15, -0.1) is 0 Å². The van der Waals surface area contributed by atoms with Gasteiger partial charge in [-0.1, -0.05) is 35.9 Å². The van der Waals surface area contributed by atoms with Gasteiger partial charge in [0.05, 0.1) is 17.4 Å². The van der Waals surface area contributed by atoms with Crippen LogP contribution in [0.2, 0.25) is 5.02 Å². The second kappa shape index (κ2) is 5.32. The third-order valence-electron chi connectivity index (χ3n) is 3.23. The molecule has 0 amide bonds. The molecule has 1 unspecified atom stereocenters. The predicted octanol–water partition coefficient (Wildman–Crippen LogP) is 4.12. The number of halogens is 1. The van der Waals surface area contributed by atoms with Crippen LogP contribution in [0.3, 0.4) is 0 Å². The lowest BCUT2D eigenvalue weighted by Crippen LogP contribution is -2.22. The lowest BCUT2D eigenvalue weighted by molar-refractivity contribution is 0.741. The molecule has 0 saturated heterocycles. The number of nitrogens with two attached hydrogens (primary N) is 1. The van der Waals surface area contributed by atoms with Gasteiger partial charge >= 0.3 is 0 Å². The van der Waals surface area contributed by atoms with Crippen LogP contribution in [0.25, 0.3) is 0 Å². The number of benzene rings is 2. The second-order valence-electron chi connectivity index (χ2n) is 4.40. The van der Waals surface area contributed by atoms with Crippen LogP contribution in [0, 0.1) is 0 Å². The van der Waals surface area contributed by atoms with Crippen molar-refractivity contribution in [3.8, 4) is 0 Å². The van der Waals surface area contributed by atoms with Crippen molar-refractivity contribution in [2.24, 2.45) is 0 Å². The van der Waals surface area contributed by atoms with Crippen LogP contribution in [0.1, 0.15) is 18.5 Å². The minimum absolute atomic E-state index is 0.216. The fourth-order valence-corrected chi connectivity index (χ4v) is 2.21. The predicted molar refractivity (Wildman–Crippen MR) is 79.1 cm³/mol. The Balaban J connectivity index is 2.29. The Morgan fingerprint density at radius 2 is 1.83 bits per heavy atom. The van der Waals surface area contributed by atoms with Crippen LogP contribution >= 0.6 is 11.6 Å². The highest BCUT2D eigenvalue weighted by Gasteiger charge is 2.14. The van der Waals surface area contributed by atoms with Gasteiger partial charge in [0, 0.05) is 12.1 Å². The third-order valence-corrected chi connectivity index (χ3v) is 3.46. The van der Waals surface area contributed by atoms with Crippen molar-refractivity contribution in [1.29, 1.82) is 0 Å². The fraction of sp³-hybridized carbons (Fsp3) is 0.200. The van der Waals surface area contributed by atoms with E-state index in [9.17, 15) is 0 Å². The summed E-state index contributed by atoms with van der Waals surface area (Å²) in [6.45, 7) is 2.14. The van der Waals surface area contributed by atoms with E-state index in [1.54, 1.807) is 0 Å². The van der Waals surface area contributed by atoms with E-state index >= 15 is 0 Å². The van der Waals surface area contributed by atoms with Crippen LogP contribution in [0.4, 0.5) is 11.4 Å². The largest absolute Gasteiger partial charge is 0.397 e. The fourth-order valence-electron chi connectivity index (χ4n) is 2.01. The van der Waals surface area contributed by atoms with E-state index in [2.05, 4.69) is 17.9 Å². The maximum Gasteiger partial charge on any atom is 0.0602 e. The molecule has 94 valence electrons. The van der Waals surface area contributed by atoms with E-state index < -0.39 is 0 Å². The van der Waals surface area contributed by atoms with E-state index in [0.29, 0.717) is 0 Å². The Hall–Kier alpha value is -1.67. The van der Waals surface area contributed by atoms with Crippen LogP contribution in [-0.2, 0) is 0 Å². The van der Waals surface area contributed by atoms with E-state index in [1.807, 2.05) is 49.5 Å². The zero-order valence-electron chi connectivity index (χ0n) is 10.6. The number of para-hydroxylation sites is 2. The van der Waals surface area contributed by atoms with Gasteiger partial charge in [-0.2, -0.15) is 0 Å². The second-order valence-corrected chi connectivity index (χ2v) is 4.84. The van der Waals surface area contributed by atoms with Gasteiger partial charge in [0.2, 0.25) is 0 Å². The average Bonchev–Trinajstić information content (AvgIpc) is 2.37. The molecule has 3 heteroatoms. The summed E-state index contributed by atoms with van der Waals surface area (Å²) in [5.41, 5.74) is 8.99. The van der Waals surface area contributed by atoms with Crippen molar-refractivity contribution in [2.75, 3.05) is 17.7 Å². The Bertz CT molecular complexity index is 540. The normalized spacial score (nSPS) is 12.2. The smallest absolute Gasteiger partial charge is 0.0602 e. The van der Waals surface area contributed by atoms with Crippen molar-refractivity contribution in [2.45, 2.75) is 13.0 Å². The number of hydrogen-bond donors (Lipinski definition) is 1. The summed E-state index contributed by atoms with van der Waals surface area (Å²) < 4.78 is 0. The third kappa shape index (κ3) is 2.59. The molecule has 2 aromatic rings. The molecule has 0 aliphatic heterocycles. The van der Waals surface area contributed by atoms with Gasteiger partial charge in [0.15, 0.2) is 0 Å². The quantitative estimate of drug-likeness (QED) is 0.841. The van der Waals surface area contributed by atoms with Crippen molar-refractivity contribution < 1.29 is 0 Å². The summed E-state index contributed by atoms with van der Waals surface area (Å²) in [6.07, 6.45) is 0. The first kappa shape index (κ1) is 12.8. The number of rotatable bonds is 3. The first-order valence-electron chi connectivity index (χ1n) is 5.92. The number of anilines is 2. The molecular weight excluding hydrogens is 244 g/mol. The lowest BCUT2D eigenvalue weighted by Gasteiger charge is -2.28. The van der Waals surface area contributed by atoms with E-state index in [0.717, 1.165) is 16.4 Å². The van der Waals surface area contributed by atoms with Crippen LogP contribution in [0.5, 0.6) is 0 Å². The SMILES string of the molecule is CC(c1cccc(Cl)c1)N(C)c1ccccc1N. The summed E-state index contributed by atoms with van der Waals surface area (Å²) in [6, 6.07) is 16.0. The minimum Gasteiger partial charge on any atom is -0.397 e. The van der Waals surface area contributed by atoms with Crippen LogP contribution < -0.4 is 10.6 Å². The summed E-state index contributed by atoms with van der Waals surface area (Å²) in [5, 5.41) is 0.758. The monoisotopic (exact) mass is 260 g/mol. The molecule has 0 saturated carbocycles. The highest BCUT2D eigenvalue weighted by Crippen LogP contribution is 2.30. The highest BCUT2D eigenvalue weighted by atomic mass is 35.5. The molecule has 2 aromatic carbocycles. The number of nitrogen functional groups attached to an aromatic ring is 1. The average molecular weight is 261 g/mol. The summed E-state index contributed by atoms with van der Waals surface area (Å²) in [7, 11) is 2.04. The zero-order chi connectivity index (χ0) is 13.1. The first-order chi connectivity index (χ1) is 8.59. The molecule has 0 aliphatic carbocycles. The van der Waals surface area contributed by atoms with Gasteiger partial charge in [0.1, 0.15) is 0 Å². The Morgan fingerprint density at radius 3 is 2.50 bits per heavy atom. The molecule has 0 radical (unpaired) electrons. The van der Waals surface area contributed by atoms with E-state index in [1.165, 1.54) is 5.56 Å². The van der Waals surface area contributed by atoms with E-state index in [-0.39, 0.29) is 6.04 Å².